The summed E-state index contributed by atoms with van der Waals surface area (Å²) >= 11 is 4.19. The van der Waals surface area contributed by atoms with Crippen LogP contribution in [-0.2, 0) is 25.6 Å². The predicted octanol–water partition coefficient (Wildman–Crippen LogP) is 1.60. The Hall–Kier alpha value is -3.05. The minimum atomic E-state index is -1.16. The smallest absolute Gasteiger partial charge is 0.326 e. The van der Waals surface area contributed by atoms with Crippen LogP contribution >= 0.6 is 12.6 Å². The average molecular weight is 534 g/mol. The van der Waals surface area contributed by atoms with Crippen molar-refractivity contribution in [3.63, 3.8) is 0 Å². The number of thiol groups is 1. The Morgan fingerprint density at radius 2 is 1.62 bits per heavy atom. The quantitative estimate of drug-likeness (QED) is 0.182. The van der Waals surface area contributed by atoms with Gasteiger partial charge in [0.2, 0.25) is 17.7 Å². The molecule has 0 bridgehead atoms. The van der Waals surface area contributed by atoms with Gasteiger partial charge in [-0.3, -0.25) is 14.4 Å². The van der Waals surface area contributed by atoms with Crippen molar-refractivity contribution < 1.29 is 24.3 Å². The van der Waals surface area contributed by atoms with Gasteiger partial charge in [0.25, 0.3) is 0 Å². The third kappa shape index (κ3) is 8.50. The lowest BCUT2D eigenvalue weighted by Crippen LogP contribution is -2.58. The highest BCUT2D eigenvalue weighted by Gasteiger charge is 2.32. The molecule has 11 heteroatoms. The number of nitrogens with two attached hydrogens (primary N) is 1. The Balaban J connectivity index is 2.24. The molecule has 5 atom stereocenters. The van der Waals surface area contributed by atoms with E-state index in [1.54, 1.807) is 13.1 Å². The summed E-state index contributed by atoms with van der Waals surface area (Å²) in [6, 6.07) is 3.55. The zero-order chi connectivity index (χ0) is 27.7. The fraction of sp³-hybridized carbons (Fsp3) is 0.538. The number of rotatable bonds is 14. The first-order chi connectivity index (χ1) is 17.5. The number of carboxylic acids is 1. The van der Waals surface area contributed by atoms with Crippen molar-refractivity contribution in [3.8, 4) is 0 Å². The van der Waals surface area contributed by atoms with E-state index >= 15 is 0 Å². The van der Waals surface area contributed by atoms with Crippen LogP contribution in [0.1, 0.15) is 46.1 Å². The number of carbonyl (C=O) groups excluding carboxylic acids is 3. The molecule has 0 aliphatic heterocycles. The van der Waals surface area contributed by atoms with Crippen molar-refractivity contribution in [2.45, 2.75) is 71.1 Å². The van der Waals surface area contributed by atoms with Gasteiger partial charge >= 0.3 is 5.97 Å². The first kappa shape index (κ1) is 30.2. The van der Waals surface area contributed by atoms with Gasteiger partial charge in [0.1, 0.15) is 18.1 Å². The van der Waals surface area contributed by atoms with Crippen LogP contribution < -0.4 is 21.7 Å². The second-order valence-corrected chi connectivity index (χ2v) is 10.2. The largest absolute Gasteiger partial charge is 0.480 e. The monoisotopic (exact) mass is 533 g/mol. The Bertz CT molecular complexity index is 1090. The van der Waals surface area contributed by atoms with Crippen molar-refractivity contribution in [2.24, 2.45) is 17.6 Å². The lowest BCUT2D eigenvalue weighted by molar-refractivity contribution is -0.143. The Morgan fingerprint density at radius 1 is 1.00 bits per heavy atom. The second-order valence-electron chi connectivity index (χ2n) is 9.81. The number of carbonyl (C=O) groups is 4. The summed E-state index contributed by atoms with van der Waals surface area (Å²) in [4.78, 5) is 53.8. The van der Waals surface area contributed by atoms with E-state index in [1.807, 2.05) is 45.0 Å². The summed E-state index contributed by atoms with van der Waals surface area (Å²) in [7, 11) is 0. The van der Waals surface area contributed by atoms with Crippen LogP contribution in [0.5, 0.6) is 0 Å². The number of H-pyrrole nitrogens is 1. The molecule has 1 aromatic heterocycles. The molecular weight excluding hydrogens is 494 g/mol. The molecule has 0 radical (unpaired) electrons. The fourth-order valence-corrected chi connectivity index (χ4v) is 4.28. The molecule has 0 aliphatic carbocycles. The molecule has 0 saturated heterocycles. The van der Waals surface area contributed by atoms with E-state index in [9.17, 15) is 24.3 Å². The van der Waals surface area contributed by atoms with Crippen LogP contribution in [0.4, 0.5) is 0 Å². The van der Waals surface area contributed by atoms with E-state index < -0.39 is 47.9 Å². The summed E-state index contributed by atoms with van der Waals surface area (Å²) in [5, 5.41) is 18.3. The molecule has 37 heavy (non-hydrogen) atoms. The molecule has 7 N–H and O–H groups in total. The average Bonchev–Trinajstić information content (AvgIpc) is 3.26. The molecule has 10 nitrogen and oxygen atoms in total. The minimum Gasteiger partial charge on any atom is -0.480 e. The first-order valence-corrected chi connectivity index (χ1v) is 13.2. The van der Waals surface area contributed by atoms with Crippen LogP contribution in [0.3, 0.4) is 0 Å². The summed E-state index contributed by atoms with van der Waals surface area (Å²) in [5.74, 6) is -3.07. The van der Waals surface area contributed by atoms with Crippen LogP contribution in [0.15, 0.2) is 30.5 Å². The van der Waals surface area contributed by atoms with Gasteiger partial charge in [-0.2, -0.15) is 12.6 Å². The summed E-state index contributed by atoms with van der Waals surface area (Å²) in [6.07, 6.45) is 2.92. The lowest BCUT2D eigenvalue weighted by Gasteiger charge is -2.26. The Kier molecular flexibility index (Phi) is 11.4. The van der Waals surface area contributed by atoms with E-state index in [-0.39, 0.29) is 24.0 Å². The van der Waals surface area contributed by atoms with Gasteiger partial charge in [-0.25, -0.2) is 4.79 Å². The highest BCUT2D eigenvalue weighted by Crippen LogP contribution is 2.19. The van der Waals surface area contributed by atoms with Gasteiger partial charge < -0.3 is 31.8 Å². The number of hydrogen-bond acceptors (Lipinski definition) is 6. The normalized spacial score (nSPS) is 15.4. The molecule has 0 fully saturated rings. The molecule has 2 aromatic rings. The summed E-state index contributed by atoms with van der Waals surface area (Å²) in [5.41, 5.74) is 7.74. The Morgan fingerprint density at radius 3 is 2.22 bits per heavy atom. The van der Waals surface area contributed by atoms with Crippen molar-refractivity contribution in [2.75, 3.05) is 5.75 Å². The number of fused-ring (bicyclic) bond motifs is 1. The lowest BCUT2D eigenvalue weighted by atomic mass is 9.99. The van der Waals surface area contributed by atoms with E-state index in [0.717, 1.165) is 16.5 Å². The number of para-hydroxylation sites is 1. The predicted molar refractivity (Wildman–Crippen MR) is 146 cm³/mol. The van der Waals surface area contributed by atoms with Crippen molar-refractivity contribution >= 4 is 47.2 Å². The van der Waals surface area contributed by atoms with Crippen LogP contribution in [0.25, 0.3) is 10.9 Å². The van der Waals surface area contributed by atoms with Gasteiger partial charge in [0, 0.05) is 29.3 Å². The molecule has 5 unspecified atom stereocenters. The molecular formula is C26H39N5O5S. The van der Waals surface area contributed by atoms with Gasteiger partial charge in [0.05, 0.1) is 6.04 Å². The Labute approximate surface area is 222 Å². The summed E-state index contributed by atoms with van der Waals surface area (Å²) in [6.45, 7) is 7.44. The number of aliphatic carboxylic acids is 1. The molecule has 1 aromatic carbocycles. The van der Waals surface area contributed by atoms with Gasteiger partial charge in [-0.15, -0.1) is 0 Å². The second kappa shape index (κ2) is 14.0. The van der Waals surface area contributed by atoms with Crippen molar-refractivity contribution in [1.82, 2.24) is 20.9 Å². The third-order valence-electron chi connectivity index (χ3n) is 6.39. The maximum Gasteiger partial charge on any atom is 0.326 e. The minimum absolute atomic E-state index is 0.0645. The van der Waals surface area contributed by atoms with E-state index in [4.69, 9.17) is 5.73 Å². The third-order valence-corrected chi connectivity index (χ3v) is 6.75. The summed E-state index contributed by atoms with van der Waals surface area (Å²) < 4.78 is 0. The highest BCUT2D eigenvalue weighted by atomic mass is 32.1. The molecule has 0 saturated carbocycles. The molecule has 204 valence electrons. The number of benzene rings is 1. The fourth-order valence-electron chi connectivity index (χ4n) is 4.03. The van der Waals surface area contributed by atoms with Crippen LogP contribution in [0, 0.1) is 11.8 Å². The molecule has 1 heterocycles. The van der Waals surface area contributed by atoms with Gasteiger partial charge in [0.15, 0.2) is 0 Å². The number of hydrogen-bond donors (Lipinski definition) is 7. The zero-order valence-corrected chi connectivity index (χ0v) is 22.7. The van der Waals surface area contributed by atoms with E-state index in [1.165, 1.54) is 0 Å². The zero-order valence-electron chi connectivity index (χ0n) is 21.8. The highest BCUT2D eigenvalue weighted by molar-refractivity contribution is 7.80. The van der Waals surface area contributed by atoms with Gasteiger partial charge in [-0.05, 0) is 29.9 Å². The molecule has 2 rings (SSSR count). The number of aromatic nitrogens is 1. The van der Waals surface area contributed by atoms with Gasteiger partial charge in [-0.1, -0.05) is 52.3 Å². The standard InChI is InChI=1S/C26H39N5O5S/c1-5-15(4)22(26(35)36)31-25(34)21(13-37)30-24(33)20(29-23(32)18(27)10-14(2)3)11-16-12-28-19-9-7-6-8-17(16)19/h6-9,12,14-15,18,20-22,28,37H,5,10-11,13,27H2,1-4H3,(H,29,32)(H,30,33)(H,31,34)(H,35,36). The topological polar surface area (TPSA) is 166 Å². The molecule has 0 aliphatic rings. The van der Waals surface area contributed by atoms with Crippen LogP contribution in [-0.4, -0.2) is 63.7 Å². The number of amides is 3. The van der Waals surface area contributed by atoms with E-state index in [0.29, 0.717) is 12.8 Å². The number of nitrogens with one attached hydrogen (secondary N) is 4. The molecule has 3 amide bonds. The number of carboxylic acid groups (broad SMARTS) is 1. The van der Waals surface area contributed by atoms with E-state index in [2.05, 4.69) is 33.6 Å². The van der Waals surface area contributed by atoms with Crippen molar-refractivity contribution in [1.29, 1.82) is 0 Å². The van der Waals surface area contributed by atoms with Crippen molar-refractivity contribution in [3.05, 3.63) is 36.0 Å². The molecule has 0 spiro atoms. The number of aromatic amines is 1. The van der Waals surface area contributed by atoms with Crippen LogP contribution in [0.2, 0.25) is 0 Å². The first-order valence-electron chi connectivity index (χ1n) is 12.5. The SMILES string of the molecule is CCC(C)C(NC(=O)C(CS)NC(=O)C(Cc1c[nH]c2ccccc12)NC(=O)C(N)CC(C)C)C(=O)O. The maximum absolute atomic E-state index is 13.4. The maximum atomic E-state index is 13.4.